The van der Waals surface area contributed by atoms with E-state index >= 15 is 0 Å². The van der Waals surface area contributed by atoms with Crippen LogP contribution in [0.4, 0.5) is 13.2 Å². The van der Waals surface area contributed by atoms with Gasteiger partial charge in [-0.05, 0) is 13.3 Å². The van der Waals surface area contributed by atoms with Crippen molar-refractivity contribution in [3.8, 4) is 0 Å². The van der Waals surface area contributed by atoms with Gasteiger partial charge in [0.2, 0.25) is 0 Å². The Labute approximate surface area is 103 Å². The van der Waals surface area contributed by atoms with Crippen molar-refractivity contribution in [1.29, 1.82) is 0 Å². The largest absolute Gasteiger partial charge is 0.469 e. The average Bonchev–Trinajstić information content (AvgIpc) is 2.25. The average molecular weight is 270 g/mol. The fourth-order valence-electron chi connectivity index (χ4n) is 1.18. The molecular formula is C10H17F3N2O3. The van der Waals surface area contributed by atoms with Crippen LogP contribution >= 0.6 is 0 Å². The molecule has 0 saturated heterocycles. The van der Waals surface area contributed by atoms with Gasteiger partial charge in [-0.25, -0.2) is 0 Å². The number of amides is 1. The minimum absolute atomic E-state index is 0.00317. The monoisotopic (exact) mass is 270 g/mol. The number of carbonyl (C=O) groups excluding carboxylic acids is 2. The van der Waals surface area contributed by atoms with Crippen molar-refractivity contribution in [2.75, 3.05) is 20.7 Å². The van der Waals surface area contributed by atoms with Crippen LogP contribution in [-0.2, 0) is 14.3 Å². The number of carbonyl (C=O) groups is 2. The minimum atomic E-state index is -4.82. The van der Waals surface area contributed by atoms with Gasteiger partial charge >= 0.3 is 12.1 Å². The quantitative estimate of drug-likeness (QED) is 0.745. The molecule has 0 spiro atoms. The van der Waals surface area contributed by atoms with E-state index in [0.29, 0.717) is 6.92 Å². The van der Waals surface area contributed by atoms with E-state index in [-0.39, 0.29) is 19.4 Å². The van der Waals surface area contributed by atoms with Crippen LogP contribution in [0.25, 0.3) is 0 Å². The maximum absolute atomic E-state index is 12.5. The Morgan fingerprint density at radius 2 is 1.83 bits per heavy atom. The number of ether oxygens (including phenoxy) is 1. The van der Waals surface area contributed by atoms with Crippen molar-refractivity contribution in [2.45, 2.75) is 31.5 Å². The van der Waals surface area contributed by atoms with Gasteiger partial charge in [0.25, 0.3) is 5.91 Å². The second-order valence-corrected chi connectivity index (χ2v) is 4.11. The normalized spacial score (nSPS) is 14.8. The summed E-state index contributed by atoms with van der Waals surface area (Å²) in [5, 5.41) is 0. The topological polar surface area (TPSA) is 72.6 Å². The molecule has 0 aliphatic rings. The molecule has 0 heterocycles. The van der Waals surface area contributed by atoms with E-state index in [1.54, 1.807) is 0 Å². The van der Waals surface area contributed by atoms with Gasteiger partial charge < -0.3 is 15.4 Å². The molecule has 0 aromatic carbocycles. The lowest BCUT2D eigenvalue weighted by Crippen LogP contribution is -2.61. The molecule has 0 rings (SSSR count). The summed E-state index contributed by atoms with van der Waals surface area (Å²) in [4.78, 5) is 23.2. The Kier molecular flexibility index (Phi) is 5.59. The molecule has 2 N–H and O–H groups in total. The maximum Gasteiger partial charge on any atom is 0.415 e. The third kappa shape index (κ3) is 4.17. The first kappa shape index (κ1) is 16.7. The van der Waals surface area contributed by atoms with Crippen LogP contribution in [0.15, 0.2) is 0 Å². The molecule has 0 aromatic heterocycles. The Balaban J connectivity index is 4.40. The predicted octanol–water partition coefficient (Wildman–Crippen LogP) is 0.678. The predicted molar refractivity (Wildman–Crippen MR) is 57.5 cm³/mol. The highest BCUT2D eigenvalue weighted by atomic mass is 19.4. The van der Waals surface area contributed by atoms with Crippen LogP contribution in [0.5, 0.6) is 0 Å². The highest BCUT2D eigenvalue weighted by Crippen LogP contribution is 2.29. The standard InChI is InChI=1S/C10H17F3N2O3/c1-9(14,10(11,12)13)8(17)15(2)6-4-5-7(16)18-3/h4-6,14H2,1-3H3. The lowest BCUT2D eigenvalue weighted by atomic mass is 10.0. The number of nitrogens with two attached hydrogens (primary N) is 1. The number of hydrogen-bond acceptors (Lipinski definition) is 4. The van der Waals surface area contributed by atoms with E-state index in [2.05, 4.69) is 4.74 Å². The summed E-state index contributed by atoms with van der Waals surface area (Å²) in [5.74, 6) is -1.72. The van der Waals surface area contributed by atoms with E-state index in [0.717, 1.165) is 4.90 Å². The SMILES string of the molecule is COC(=O)CCCN(C)C(=O)C(C)(N)C(F)(F)F. The molecule has 1 unspecified atom stereocenters. The number of hydrogen-bond donors (Lipinski definition) is 1. The third-order valence-corrected chi connectivity index (χ3v) is 2.48. The van der Waals surface area contributed by atoms with Crippen molar-refractivity contribution >= 4 is 11.9 Å². The van der Waals surface area contributed by atoms with Gasteiger partial charge in [0.1, 0.15) is 0 Å². The fraction of sp³-hybridized carbons (Fsp3) is 0.800. The Hall–Kier alpha value is -1.31. The smallest absolute Gasteiger partial charge is 0.415 e. The number of rotatable bonds is 5. The molecule has 0 saturated carbocycles. The molecule has 0 bridgehead atoms. The zero-order valence-corrected chi connectivity index (χ0v) is 10.5. The number of esters is 1. The molecule has 8 heteroatoms. The van der Waals surface area contributed by atoms with E-state index < -0.39 is 23.6 Å². The number of methoxy groups -OCH3 is 1. The van der Waals surface area contributed by atoms with Crippen LogP contribution in [0.2, 0.25) is 0 Å². The molecule has 106 valence electrons. The molecular weight excluding hydrogens is 253 g/mol. The number of alkyl halides is 3. The van der Waals surface area contributed by atoms with Crippen molar-refractivity contribution in [2.24, 2.45) is 5.73 Å². The maximum atomic E-state index is 12.5. The Morgan fingerprint density at radius 1 is 1.33 bits per heavy atom. The fourth-order valence-corrected chi connectivity index (χ4v) is 1.18. The second-order valence-electron chi connectivity index (χ2n) is 4.11. The molecule has 0 aliphatic carbocycles. The summed E-state index contributed by atoms with van der Waals surface area (Å²) in [5.41, 5.74) is 2.06. The van der Waals surface area contributed by atoms with Crippen LogP contribution in [-0.4, -0.2) is 49.2 Å². The molecule has 0 aromatic rings. The van der Waals surface area contributed by atoms with Gasteiger partial charge in [-0.3, -0.25) is 9.59 Å². The van der Waals surface area contributed by atoms with Gasteiger partial charge in [-0.15, -0.1) is 0 Å². The third-order valence-electron chi connectivity index (χ3n) is 2.48. The summed E-state index contributed by atoms with van der Waals surface area (Å²) in [6, 6.07) is 0. The molecule has 0 radical (unpaired) electrons. The lowest BCUT2D eigenvalue weighted by Gasteiger charge is -2.30. The van der Waals surface area contributed by atoms with Gasteiger partial charge in [0, 0.05) is 20.0 Å². The summed E-state index contributed by atoms with van der Waals surface area (Å²) in [7, 11) is 2.41. The van der Waals surface area contributed by atoms with Gasteiger partial charge in [0.05, 0.1) is 7.11 Å². The van der Waals surface area contributed by atoms with E-state index in [9.17, 15) is 22.8 Å². The number of likely N-dealkylation sites (N-methyl/N-ethyl adjacent to an activating group) is 1. The first-order valence-corrected chi connectivity index (χ1v) is 5.22. The second kappa shape index (κ2) is 6.03. The highest BCUT2D eigenvalue weighted by molar-refractivity contribution is 5.86. The van der Waals surface area contributed by atoms with Gasteiger partial charge in [-0.1, -0.05) is 0 Å². The lowest BCUT2D eigenvalue weighted by molar-refractivity contribution is -0.193. The van der Waals surface area contributed by atoms with E-state index in [1.165, 1.54) is 14.2 Å². The van der Waals surface area contributed by atoms with Crippen LogP contribution in [0, 0.1) is 0 Å². The summed E-state index contributed by atoms with van der Waals surface area (Å²) in [6.45, 7) is 0.614. The van der Waals surface area contributed by atoms with E-state index in [4.69, 9.17) is 5.73 Å². The van der Waals surface area contributed by atoms with Crippen molar-refractivity contribution in [3.05, 3.63) is 0 Å². The number of nitrogens with zero attached hydrogens (tertiary/aromatic N) is 1. The van der Waals surface area contributed by atoms with Crippen molar-refractivity contribution in [3.63, 3.8) is 0 Å². The summed E-state index contributed by atoms with van der Waals surface area (Å²) < 4.78 is 41.9. The van der Waals surface area contributed by atoms with Crippen LogP contribution in [0.1, 0.15) is 19.8 Å². The van der Waals surface area contributed by atoms with Gasteiger partial charge in [-0.2, -0.15) is 13.2 Å². The van der Waals surface area contributed by atoms with Gasteiger partial charge in [0.15, 0.2) is 5.54 Å². The van der Waals surface area contributed by atoms with E-state index in [1.807, 2.05) is 0 Å². The minimum Gasteiger partial charge on any atom is -0.469 e. The molecule has 0 aliphatic heterocycles. The first-order chi connectivity index (χ1) is 8.04. The molecule has 1 atom stereocenters. The summed E-state index contributed by atoms with van der Waals surface area (Å²) >= 11 is 0. The zero-order chi connectivity index (χ0) is 14.6. The Morgan fingerprint density at radius 3 is 2.22 bits per heavy atom. The molecule has 18 heavy (non-hydrogen) atoms. The van der Waals surface area contributed by atoms with Crippen LogP contribution in [0.3, 0.4) is 0 Å². The van der Waals surface area contributed by atoms with Crippen LogP contribution < -0.4 is 5.73 Å². The van der Waals surface area contributed by atoms with Crippen molar-refractivity contribution < 1.29 is 27.5 Å². The summed E-state index contributed by atoms with van der Waals surface area (Å²) in [6.07, 6.45) is -4.58. The Bertz CT molecular complexity index is 316. The molecule has 5 nitrogen and oxygen atoms in total. The first-order valence-electron chi connectivity index (χ1n) is 5.22. The highest BCUT2D eigenvalue weighted by Gasteiger charge is 2.54. The number of halogens is 3. The molecule has 1 amide bonds. The zero-order valence-electron chi connectivity index (χ0n) is 10.5. The van der Waals surface area contributed by atoms with Crippen molar-refractivity contribution in [1.82, 2.24) is 4.90 Å². The molecule has 0 fully saturated rings.